The van der Waals surface area contributed by atoms with Gasteiger partial charge in [0.1, 0.15) is 6.04 Å². The first-order chi connectivity index (χ1) is 14.0. The first-order valence-electron chi connectivity index (χ1n) is 9.42. The van der Waals surface area contributed by atoms with Gasteiger partial charge in [-0.1, -0.05) is 18.2 Å². The van der Waals surface area contributed by atoms with Gasteiger partial charge >= 0.3 is 5.97 Å². The Labute approximate surface area is 168 Å². The minimum Gasteiger partial charge on any atom is -0.456 e. The van der Waals surface area contributed by atoms with Crippen LogP contribution in [0, 0.1) is 0 Å². The maximum absolute atomic E-state index is 12.3. The number of hydrogen-bond acceptors (Lipinski definition) is 5. The molecule has 0 spiro atoms. The summed E-state index contributed by atoms with van der Waals surface area (Å²) in [4.78, 5) is 49.9. The van der Waals surface area contributed by atoms with E-state index in [0.29, 0.717) is 24.1 Å². The molecule has 1 heterocycles. The van der Waals surface area contributed by atoms with Crippen molar-refractivity contribution in [1.29, 1.82) is 0 Å². The Balaban J connectivity index is 1.50. The van der Waals surface area contributed by atoms with Crippen LogP contribution in [0.15, 0.2) is 54.6 Å². The zero-order chi connectivity index (χ0) is 20.8. The summed E-state index contributed by atoms with van der Waals surface area (Å²) in [5, 5.41) is 2.54. The van der Waals surface area contributed by atoms with Crippen molar-refractivity contribution in [2.45, 2.75) is 25.8 Å². The van der Waals surface area contributed by atoms with E-state index < -0.39 is 24.5 Å². The summed E-state index contributed by atoms with van der Waals surface area (Å²) in [6.45, 7) is 1.75. The highest BCUT2D eigenvalue weighted by Crippen LogP contribution is 2.21. The van der Waals surface area contributed by atoms with Crippen LogP contribution < -0.4 is 10.2 Å². The van der Waals surface area contributed by atoms with Gasteiger partial charge in [0.25, 0.3) is 5.91 Å². The van der Waals surface area contributed by atoms with E-state index >= 15 is 0 Å². The largest absolute Gasteiger partial charge is 0.456 e. The number of esters is 1. The number of nitrogens with zero attached hydrogens (tertiary/aromatic N) is 1. The first-order valence-corrected chi connectivity index (χ1v) is 9.42. The zero-order valence-electron chi connectivity index (χ0n) is 16.1. The monoisotopic (exact) mass is 394 g/mol. The van der Waals surface area contributed by atoms with Crippen molar-refractivity contribution >= 4 is 29.3 Å². The standard InChI is InChI=1S/C22H22N2O5/c1-15(23-21(27)17-6-3-2-4-7-17)22(28)29-14-19(25)16-9-11-18(12-10-16)24-13-5-8-20(24)26/h2-4,6-7,9-12,15H,5,8,13-14H2,1H3,(H,23,27)/t15-/m0/s1. The van der Waals surface area contributed by atoms with Crippen molar-refractivity contribution < 1.29 is 23.9 Å². The number of benzene rings is 2. The lowest BCUT2D eigenvalue weighted by Gasteiger charge is -2.16. The van der Waals surface area contributed by atoms with Gasteiger partial charge in [-0.25, -0.2) is 4.79 Å². The van der Waals surface area contributed by atoms with Crippen LogP contribution in [0.25, 0.3) is 0 Å². The fourth-order valence-electron chi connectivity index (χ4n) is 3.02. The van der Waals surface area contributed by atoms with Crippen molar-refractivity contribution in [2.75, 3.05) is 18.1 Å². The number of nitrogens with one attached hydrogen (secondary N) is 1. The molecule has 0 radical (unpaired) electrons. The van der Waals surface area contributed by atoms with E-state index in [-0.39, 0.29) is 11.7 Å². The maximum Gasteiger partial charge on any atom is 0.328 e. The van der Waals surface area contributed by atoms with E-state index in [1.807, 2.05) is 0 Å². The van der Waals surface area contributed by atoms with Crippen molar-refractivity contribution in [3.05, 3.63) is 65.7 Å². The molecular weight excluding hydrogens is 372 g/mol. The molecule has 1 N–H and O–H groups in total. The molecule has 29 heavy (non-hydrogen) atoms. The molecule has 2 aromatic carbocycles. The molecule has 0 bridgehead atoms. The van der Waals surface area contributed by atoms with Gasteiger partial charge in [-0.15, -0.1) is 0 Å². The summed E-state index contributed by atoms with van der Waals surface area (Å²) < 4.78 is 5.04. The third-order valence-corrected chi connectivity index (χ3v) is 4.66. The van der Waals surface area contributed by atoms with Crippen LogP contribution in [-0.4, -0.2) is 42.8 Å². The number of carbonyl (C=O) groups excluding carboxylic acids is 4. The molecule has 0 aliphatic carbocycles. The van der Waals surface area contributed by atoms with E-state index in [0.717, 1.165) is 12.1 Å². The highest BCUT2D eigenvalue weighted by atomic mass is 16.5. The average Bonchev–Trinajstić information content (AvgIpc) is 3.18. The second-order valence-electron chi connectivity index (χ2n) is 6.79. The summed E-state index contributed by atoms with van der Waals surface area (Å²) in [7, 11) is 0. The Hall–Kier alpha value is -3.48. The highest BCUT2D eigenvalue weighted by molar-refractivity contribution is 6.00. The lowest BCUT2D eigenvalue weighted by atomic mass is 10.1. The topological polar surface area (TPSA) is 92.8 Å². The number of amides is 2. The molecule has 7 nitrogen and oxygen atoms in total. The van der Waals surface area contributed by atoms with E-state index in [9.17, 15) is 19.2 Å². The van der Waals surface area contributed by atoms with Gasteiger partial charge in [0.05, 0.1) is 0 Å². The Morgan fingerprint density at radius 3 is 2.34 bits per heavy atom. The highest BCUT2D eigenvalue weighted by Gasteiger charge is 2.22. The van der Waals surface area contributed by atoms with Crippen molar-refractivity contribution in [2.24, 2.45) is 0 Å². The Morgan fingerprint density at radius 2 is 1.72 bits per heavy atom. The molecule has 0 saturated carbocycles. The normalized spacial score (nSPS) is 14.4. The summed E-state index contributed by atoms with van der Waals surface area (Å²) >= 11 is 0. The number of ketones is 1. The molecule has 0 aromatic heterocycles. The van der Waals surface area contributed by atoms with Gasteiger partial charge in [0.15, 0.2) is 12.4 Å². The van der Waals surface area contributed by atoms with Gasteiger partial charge in [0, 0.05) is 29.8 Å². The summed E-state index contributed by atoms with van der Waals surface area (Å²) in [5.41, 5.74) is 1.56. The van der Waals surface area contributed by atoms with Gasteiger partial charge in [-0.3, -0.25) is 14.4 Å². The molecule has 2 aromatic rings. The van der Waals surface area contributed by atoms with Crippen LogP contribution in [0.2, 0.25) is 0 Å². The number of anilines is 1. The Kier molecular flexibility index (Phi) is 6.39. The fraction of sp³-hybridized carbons (Fsp3) is 0.273. The molecule has 2 amide bonds. The number of Topliss-reactive ketones (excluding diaryl/α,β-unsaturated/α-hetero) is 1. The fourth-order valence-corrected chi connectivity index (χ4v) is 3.02. The minimum atomic E-state index is -0.890. The molecular formula is C22H22N2O5. The van der Waals surface area contributed by atoms with Gasteiger partial charge in [0.2, 0.25) is 5.91 Å². The molecule has 1 aliphatic rings. The molecule has 1 atom stereocenters. The zero-order valence-corrected chi connectivity index (χ0v) is 16.1. The van der Waals surface area contributed by atoms with E-state index in [1.165, 1.54) is 6.92 Å². The first kappa shape index (κ1) is 20.3. The average molecular weight is 394 g/mol. The van der Waals surface area contributed by atoms with Crippen LogP contribution in [0.4, 0.5) is 5.69 Å². The van der Waals surface area contributed by atoms with Crippen molar-refractivity contribution in [3.8, 4) is 0 Å². The van der Waals surface area contributed by atoms with Crippen LogP contribution in [0.5, 0.6) is 0 Å². The third kappa shape index (κ3) is 5.07. The van der Waals surface area contributed by atoms with Crippen molar-refractivity contribution in [3.63, 3.8) is 0 Å². The second kappa shape index (κ2) is 9.14. The quantitative estimate of drug-likeness (QED) is 0.575. The predicted molar refractivity (Wildman–Crippen MR) is 107 cm³/mol. The Bertz CT molecular complexity index is 909. The number of ether oxygens (including phenoxy) is 1. The molecule has 1 saturated heterocycles. The summed E-state index contributed by atoms with van der Waals surface area (Å²) in [5.74, 6) is -1.38. The summed E-state index contributed by atoms with van der Waals surface area (Å²) in [6, 6.07) is 14.3. The smallest absolute Gasteiger partial charge is 0.328 e. The second-order valence-corrected chi connectivity index (χ2v) is 6.79. The number of carbonyl (C=O) groups is 4. The van der Waals surface area contributed by atoms with E-state index in [2.05, 4.69) is 5.32 Å². The lowest BCUT2D eigenvalue weighted by molar-refractivity contribution is -0.144. The SMILES string of the molecule is C[C@H](NC(=O)c1ccccc1)C(=O)OCC(=O)c1ccc(N2CCCC2=O)cc1. The van der Waals surface area contributed by atoms with Crippen LogP contribution in [0.1, 0.15) is 40.5 Å². The molecule has 1 aliphatic heterocycles. The minimum absolute atomic E-state index is 0.0737. The van der Waals surface area contributed by atoms with Gasteiger partial charge in [-0.05, 0) is 49.7 Å². The molecule has 7 heteroatoms. The summed E-state index contributed by atoms with van der Waals surface area (Å²) in [6.07, 6.45) is 1.37. The lowest BCUT2D eigenvalue weighted by Crippen LogP contribution is -2.40. The van der Waals surface area contributed by atoms with Crippen LogP contribution in [-0.2, 0) is 14.3 Å². The maximum atomic E-state index is 12.3. The number of hydrogen-bond donors (Lipinski definition) is 1. The molecule has 150 valence electrons. The van der Waals surface area contributed by atoms with Crippen LogP contribution >= 0.6 is 0 Å². The third-order valence-electron chi connectivity index (χ3n) is 4.66. The van der Waals surface area contributed by atoms with Gasteiger partial charge in [-0.2, -0.15) is 0 Å². The van der Waals surface area contributed by atoms with Gasteiger partial charge < -0.3 is 15.0 Å². The number of rotatable bonds is 7. The molecule has 3 rings (SSSR count). The molecule has 1 fully saturated rings. The van der Waals surface area contributed by atoms with E-state index in [1.54, 1.807) is 59.5 Å². The molecule has 0 unspecified atom stereocenters. The van der Waals surface area contributed by atoms with Crippen molar-refractivity contribution in [1.82, 2.24) is 5.32 Å². The Morgan fingerprint density at radius 1 is 1.03 bits per heavy atom. The predicted octanol–water partition coefficient (Wildman–Crippen LogP) is 2.36. The van der Waals surface area contributed by atoms with E-state index in [4.69, 9.17) is 4.74 Å². The van der Waals surface area contributed by atoms with Crippen LogP contribution in [0.3, 0.4) is 0 Å².